The van der Waals surface area contributed by atoms with Crippen molar-refractivity contribution in [3.8, 4) is 5.69 Å². The minimum atomic E-state index is -0.875. The van der Waals surface area contributed by atoms with Gasteiger partial charge in [-0.25, -0.2) is 9.07 Å². The highest BCUT2D eigenvalue weighted by Gasteiger charge is 2.39. The number of ether oxygens (including phenoxy) is 3. The third-order valence-electron chi connectivity index (χ3n) is 8.44. The standard InChI is InChI=1S/C33H44FN5O7/c1-18(40)45-21(16-39(4,5)6)11-29(42)46-30-10-20(17-44-30)36-24-13-26(23(34)12-22(24)32(35)43)38-27-14-33(2,3)15-28(41)31(27)25(37-38)9-19-7-8-19/h12-13,19-21,30H,7-11,14-17H2,1-6H3,(H2-,35,36,43)/p+1. The molecule has 3 aliphatic rings. The van der Waals surface area contributed by atoms with Crippen LogP contribution in [0, 0.1) is 17.2 Å². The minimum Gasteiger partial charge on any atom is -0.456 e. The third-order valence-corrected chi connectivity index (χ3v) is 8.44. The summed E-state index contributed by atoms with van der Waals surface area (Å²) in [6.45, 7) is 5.87. The van der Waals surface area contributed by atoms with Crippen LogP contribution in [0.1, 0.15) is 85.0 Å². The fourth-order valence-electron chi connectivity index (χ4n) is 6.38. The highest BCUT2D eigenvalue weighted by Crippen LogP contribution is 2.41. The predicted octanol–water partition coefficient (Wildman–Crippen LogP) is 3.32. The van der Waals surface area contributed by atoms with Gasteiger partial charge in [0, 0.05) is 25.5 Å². The quantitative estimate of drug-likeness (QED) is 0.262. The monoisotopic (exact) mass is 642 g/mol. The molecule has 1 saturated heterocycles. The van der Waals surface area contributed by atoms with Crippen LogP contribution in [-0.2, 0) is 36.6 Å². The Balaban J connectivity index is 1.35. The van der Waals surface area contributed by atoms with Crippen molar-refractivity contribution in [1.82, 2.24) is 9.78 Å². The maximum Gasteiger partial charge on any atom is 0.312 e. The number of hydrogen-bond donors (Lipinski definition) is 2. The van der Waals surface area contributed by atoms with Gasteiger partial charge in [-0.2, -0.15) is 5.10 Å². The zero-order valence-corrected chi connectivity index (χ0v) is 27.5. The third kappa shape index (κ3) is 8.11. The molecule has 2 aromatic rings. The number of nitrogens with two attached hydrogens (primary N) is 1. The Labute approximate surface area is 268 Å². The van der Waals surface area contributed by atoms with Gasteiger partial charge in [0.1, 0.15) is 18.0 Å². The summed E-state index contributed by atoms with van der Waals surface area (Å²) in [7, 11) is 5.77. The second-order valence-corrected chi connectivity index (χ2v) is 14.7. The van der Waals surface area contributed by atoms with Crippen LogP contribution in [0.25, 0.3) is 5.69 Å². The second kappa shape index (κ2) is 12.7. The number of benzene rings is 1. The van der Waals surface area contributed by atoms with Gasteiger partial charge in [-0.05, 0) is 49.1 Å². The Kier molecular flexibility index (Phi) is 9.29. The van der Waals surface area contributed by atoms with Crippen LogP contribution >= 0.6 is 0 Å². The van der Waals surface area contributed by atoms with Crippen LogP contribution < -0.4 is 11.1 Å². The number of halogens is 1. The lowest BCUT2D eigenvalue weighted by atomic mass is 9.75. The summed E-state index contributed by atoms with van der Waals surface area (Å²) in [5, 5.41) is 7.99. The molecule has 0 spiro atoms. The van der Waals surface area contributed by atoms with Gasteiger partial charge >= 0.3 is 11.9 Å². The number of fused-ring (bicyclic) bond motifs is 1. The Morgan fingerprint density at radius 2 is 1.93 bits per heavy atom. The largest absolute Gasteiger partial charge is 0.456 e. The molecule has 1 aromatic carbocycles. The molecule has 3 unspecified atom stereocenters. The van der Waals surface area contributed by atoms with Crippen molar-refractivity contribution in [2.45, 2.75) is 84.2 Å². The van der Waals surface area contributed by atoms with Crippen LogP contribution in [0.2, 0.25) is 0 Å². The summed E-state index contributed by atoms with van der Waals surface area (Å²) >= 11 is 0. The van der Waals surface area contributed by atoms with Crippen molar-refractivity contribution in [3.05, 3.63) is 40.5 Å². The summed E-state index contributed by atoms with van der Waals surface area (Å²) in [5.41, 5.74) is 7.60. The lowest BCUT2D eigenvalue weighted by molar-refractivity contribution is -0.873. The normalized spacial score (nSPS) is 21.4. The van der Waals surface area contributed by atoms with Gasteiger partial charge in [0.05, 0.1) is 62.7 Å². The molecule has 2 fully saturated rings. The Morgan fingerprint density at radius 3 is 2.57 bits per heavy atom. The van der Waals surface area contributed by atoms with Gasteiger partial charge in [-0.15, -0.1) is 0 Å². The molecule has 3 N–H and O–H groups in total. The van der Waals surface area contributed by atoms with Gasteiger partial charge in [0.25, 0.3) is 5.91 Å². The number of ketones is 1. The van der Waals surface area contributed by atoms with E-state index in [1.807, 2.05) is 35.0 Å². The number of nitrogens with zero attached hydrogens (tertiary/aromatic N) is 3. The molecule has 13 heteroatoms. The average Bonchev–Trinajstić information content (AvgIpc) is 3.50. The molecule has 46 heavy (non-hydrogen) atoms. The van der Waals surface area contributed by atoms with Crippen molar-refractivity contribution < 1.29 is 42.3 Å². The second-order valence-electron chi connectivity index (χ2n) is 14.7. The first-order valence-corrected chi connectivity index (χ1v) is 15.8. The molecule has 250 valence electrons. The van der Waals surface area contributed by atoms with Crippen molar-refractivity contribution in [2.24, 2.45) is 17.1 Å². The first-order valence-electron chi connectivity index (χ1n) is 15.8. The van der Waals surface area contributed by atoms with Gasteiger partial charge in [0.15, 0.2) is 11.9 Å². The fraction of sp³-hybridized carbons (Fsp3) is 0.606. The van der Waals surface area contributed by atoms with Gasteiger partial charge in [0.2, 0.25) is 6.29 Å². The molecule has 0 bridgehead atoms. The molecule has 1 aliphatic heterocycles. The van der Waals surface area contributed by atoms with Gasteiger partial charge in [-0.1, -0.05) is 13.8 Å². The SMILES string of the molecule is CC(=O)OC(CC(=O)OC1CC(Nc2cc(-n3nc(CC4CC4)c4c3CC(C)(C)CC4=O)c(F)cc2C(N)=O)CO1)C[N+](C)(C)C. The molecular weight excluding hydrogens is 597 g/mol. The van der Waals surface area contributed by atoms with Crippen LogP contribution in [0.4, 0.5) is 10.1 Å². The minimum absolute atomic E-state index is 0.0148. The predicted molar refractivity (Wildman–Crippen MR) is 166 cm³/mol. The summed E-state index contributed by atoms with van der Waals surface area (Å²) < 4.78 is 34.3. The lowest BCUT2D eigenvalue weighted by Gasteiger charge is -2.29. The summed E-state index contributed by atoms with van der Waals surface area (Å²) in [6, 6.07) is 2.17. The Morgan fingerprint density at radius 1 is 1.22 bits per heavy atom. The maximum atomic E-state index is 15.7. The number of carbonyl (C=O) groups is 4. The smallest absolute Gasteiger partial charge is 0.312 e. The van der Waals surface area contributed by atoms with E-state index in [0.717, 1.165) is 18.9 Å². The number of anilines is 1. The fourth-order valence-corrected chi connectivity index (χ4v) is 6.38. The summed E-state index contributed by atoms with van der Waals surface area (Å²) in [4.78, 5) is 50.0. The zero-order chi connectivity index (χ0) is 33.6. The molecule has 0 radical (unpaired) electrons. The van der Waals surface area contributed by atoms with E-state index >= 15 is 4.39 Å². The van der Waals surface area contributed by atoms with E-state index in [-0.39, 0.29) is 47.6 Å². The van der Waals surface area contributed by atoms with Crippen molar-refractivity contribution >= 4 is 29.3 Å². The highest BCUT2D eigenvalue weighted by molar-refractivity contribution is 6.00. The van der Waals surface area contributed by atoms with Crippen molar-refractivity contribution in [3.63, 3.8) is 0 Å². The first kappa shape index (κ1) is 33.5. The number of Topliss-reactive ketones (excluding diaryl/α,β-unsaturated/α-hetero) is 1. The number of likely N-dealkylation sites (N-methyl/N-ethyl adjacent to an activating group) is 1. The van der Waals surface area contributed by atoms with Crippen molar-refractivity contribution in [1.29, 1.82) is 0 Å². The molecule has 12 nitrogen and oxygen atoms in total. The van der Waals surface area contributed by atoms with E-state index in [4.69, 9.17) is 25.0 Å². The number of primary amides is 1. The average molecular weight is 643 g/mol. The molecule has 5 rings (SSSR count). The van der Waals surface area contributed by atoms with Gasteiger partial charge < -0.3 is 29.7 Å². The van der Waals surface area contributed by atoms with Crippen LogP contribution in [0.5, 0.6) is 0 Å². The van der Waals surface area contributed by atoms with E-state index in [2.05, 4.69) is 5.32 Å². The zero-order valence-electron chi connectivity index (χ0n) is 27.5. The molecule has 2 heterocycles. The topological polar surface area (TPSA) is 152 Å². The van der Waals surface area contributed by atoms with E-state index in [9.17, 15) is 19.2 Å². The number of esters is 2. The Bertz CT molecular complexity index is 1540. The van der Waals surface area contributed by atoms with Crippen LogP contribution in [0.3, 0.4) is 0 Å². The number of carbonyl (C=O) groups excluding carboxylic acids is 4. The van der Waals surface area contributed by atoms with E-state index < -0.39 is 42.1 Å². The van der Waals surface area contributed by atoms with Crippen molar-refractivity contribution in [2.75, 3.05) is 39.6 Å². The Hall–Kier alpha value is -3.84. The van der Waals surface area contributed by atoms with Crippen LogP contribution in [0.15, 0.2) is 12.1 Å². The maximum absolute atomic E-state index is 15.7. The summed E-state index contributed by atoms with van der Waals surface area (Å²) in [5.74, 6) is -2.08. The van der Waals surface area contributed by atoms with Gasteiger partial charge in [-0.3, -0.25) is 19.2 Å². The molecular formula is C33H45FN5O7+. The number of aromatic nitrogens is 2. The molecule has 2 aliphatic carbocycles. The van der Waals surface area contributed by atoms with E-state index in [1.165, 1.54) is 17.7 Å². The molecule has 1 aromatic heterocycles. The van der Waals surface area contributed by atoms with E-state index in [0.29, 0.717) is 53.2 Å². The molecule has 1 amide bonds. The van der Waals surface area contributed by atoms with E-state index in [1.54, 1.807) is 0 Å². The first-order chi connectivity index (χ1) is 21.5. The number of nitrogens with one attached hydrogen (secondary N) is 1. The molecule has 3 atom stereocenters. The number of hydrogen-bond acceptors (Lipinski definition) is 9. The van der Waals surface area contributed by atoms with Crippen LogP contribution in [-0.4, -0.2) is 90.6 Å². The number of quaternary nitrogens is 1. The summed E-state index contributed by atoms with van der Waals surface area (Å²) in [6.07, 6.45) is 2.36. The lowest BCUT2D eigenvalue weighted by Crippen LogP contribution is -2.44. The number of amides is 1. The number of rotatable bonds is 12. The highest BCUT2D eigenvalue weighted by atomic mass is 19.1. The molecule has 1 saturated carbocycles.